The van der Waals surface area contributed by atoms with Gasteiger partial charge in [0, 0.05) is 27.2 Å². The van der Waals surface area contributed by atoms with Crippen molar-refractivity contribution in [2.24, 2.45) is 5.10 Å². The molecule has 0 bridgehead atoms. The van der Waals surface area contributed by atoms with Crippen LogP contribution >= 0.6 is 46.1 Å². The smallest absolute Gasteiger partial charge is 0.281 e. The highest BCUT2D eigenvalue weighted by molar-refractivity contribution is 7.20. The van der Waals surface area contributed by atoms with E-state index in [2.05, 4.69) is 10.5 Å². The minimum atomic E-state index is -0.481. The molecule has 4 rings (SSSR count). The van der Waals surface area contributed by atoms with Gasteiger partial charge in [0.1, 0.15) is 6.61 Å². The van der Waals surface area contributed by atoms with Crippen molar-refractivity contribution in [1.82, 2.24) is 5.43 Å². The molecule has 4 aromatic rings. The van der Waals surface area contributed by atoms with Gasteiger partial charge >= 0.3 is 0 Å². The first-order valence-corrected chi connectivity index (χ1v) is 11.6. The van der Waals surface area contributed by atoms with E-state index in [-0.39, 0.29) is 12.3 Å². The number of ether oxygens (including phenoxy) is 1. The Bertz CT molecular complexity index is 1400. The highest BCUT2D eigenvalue weighted by Crippen LogP contribution is 2.34. The van der Waals surface area contributed by atoms with E-state index in [0.29, 0.717) is 36.6 Å². The van der Waals surface area contributed by atoms with Gasteiger partial charge in [-0.05, 0) is 47.5 Å². The fourth-order valence-corrected chi connectivity index (χ4v) is 4.68. The quantitative estimate of drug-likeness (QED) is 0.155. The maximum absolute atomic E-state index is 12.4. The van der Waals surface area contributed by atoms with Crippen molar-refractivity contribution in [3.8, 4) is 5.75 Å². The van der Waals surface area contributed by atoms with Crippen molar-refractivity contribution in [2.45, 2.75) is 6.61 Å². The van der Waals surface area contributed by atoms with Crippen molar-refractivity contribution < 1.29 is 14.5 Å². The number of amides is 1. The number of hydrazone groups is 1. The number of fused-ring (bicyclic) bond motifs is 1. The molecular weight excluding hydrogens is 521 g/mol. The third-order valence-electron chi connectivity index (χ3n) is 4.63. The van der Waals surface area contributed by atoms with Crippen LogP contribution in [0.1, 0.15) is 20.8 Å². The average molecular weight is 535 g/mol. The lowest BCUT2D eigenvalue weighted by Crippen LogP contribution is -2.16. The van der Waals surface area contributed by atoms with Crippen LogP contribution in [0.3, 0.4) is 0 Å². The van der Waals surface area contributed by atoms with Gasteiger partial charge in [-0.25, -0.2) is 5.43 Å². The van der Waals surface area contributed by atoms with E-state index in [1.807, 2.05) is 12.1 Å². The third-order valence-corrected chi connectivity index (χ3v) is 6.56. The normalized spacial score (nSPS) is 11.1. The Morgan fingerprint density at radius 1 is 1.06 bits per heavy atom. The molecule has 34 heavy (non-hydrogen) atoms. The van der Waals surface area contributed by atoms with Gasteiger partial charge in [-0.3, -0.25) is 14.9 Å². The van der Waals surface area contributed by atoms with Crippen LogP contribution in [0.15, 0.2) is 65.8 Å². The summed E-state index contributed by atoms with van der Waals surface area (Å²) >= 11 is 19.7. The largest absolute Gasteiger partial charge is 0.486 e. The molecule has 172 valence electrons. The van der Waals surface area contributed by atoms with Crippen molar-refractivity contribution in [3.05, 3.63) is 102 Å². The Hall–Kier alpha value is -3.17. The molecule has 0 unspecified atom stereocenters. The molecule has 0 atom stereocenters. The Balaban J connectivity index is 1.41. The van der Waals surface area contributed by atoms with E-state index in [1.165, 1.54) is 29.7 Å². The molecule has 3 aromatic carbocycles. The first kappa shape index (κ1) is 24.0. The predicted octanol–water partition coefficient (Wildman–Crippen LogP) is 7.11. The molecule has 0 spiro atoms. The van der Waals surface area contributed by atoms with E-state index in [1.54, 1.807) is 36.4 Å². The lowest BCUT2D eigenvalue weighted by atomic mass is 10.2. The average Bonchev–Trinajstić information content (AvgIpc) is 3.23. The number of hydrogen-bond acceptors (Lipinski definition) is 6. The lowest BCUT2D eigenvalue weighted by molar-refractivity contribution is -0.384. The van der Waals surface area contributed by atoms with Gasteiger partial charge in [-0.15, -0.1) is 11.3 Å². The molecule has 1 N–H and O–H groups in total. The van der Waals surface area contributed by atoms with Crippen LogP contribution in [0.25, 0.3) is 10.1 Å². The van der Waals surface area contributed by atoms with Crippen LogP contribution in [0.5, 0.6) is 5.75 Å². The van der Waals surface area contributed by atoms with Gasteiger partial charge in [0.15, 0.2) is 5.75 Å². The number of halogens is 3. The molecule has 0 saturated carbocycles. The van der Waals surface area contributed by atoms with E-state index in [9.17, 15) is 14.9 Å². The van der Waals surface area contributed by atoms with Crippen molar-refractivity contribution in [3.63, 3.8) is 0 Å². The van der Waals surface area contributed by atoms with Crippen LogP contribution in [0.2, 0.25) is 15.1 Å². The van der Waals surface area contributed by atoms with Crippen LogP contribution < -0.4 is 10.2 Å². The SMILES string of the molecule is O=C(N/N=C\c1cc(Cl)c(OCc2ccc(Cl)cc2)c(Cl)c1)c1cc2cc([N+](=O)[O-])ccc2s1. The summed E-state index contributed by atoms with van der Waals surface area (Å²) in [6, 6.07) is 16.4. The molecule has 0 radical (unpaired) electrons. The number of nitrogens with one attached hydrogen (secondary N) is 1. The van der Waals surface area contributed by atoms with Crippen LogP contribution in [-0.2, 0) is 6.61 Å². The number of non-ortho nitro benzene ring substituents is 1. The molecular formula is C23H14Cl3N3O4S. The Morgan fingerprint density at radius 3 is 2.44 bits per heavy atom. The zero-order valence-electron chi connectivity index (χ0n) is 17.1. The lowest BCUT2D eigenvalue weighted by Gasteiger charge is -2.11. The fraction of sp³-hybridized carbons (Fsp3) is 0.0435. The first-order valence-electron chi connectivity index (χ1n) is 9.68. The second-order valence-electron chi connectivity index (χ2n) is 7.02. The summed E-state index contributed by atoms with van der Waals surface area (Å²) in [6.45, 7) is 0.262. The number of nitro benzene ring substituents is 1. The van der Waals surface area contributed by atoms with E-state index in [4.69, 9.17) is 39.5 Å². The fourth-order valence-electron chi connectivity index (χ4n) is 3.00. The highest BCUT2D eigenvalue weighted by Gasteiger charge is 2.13. The summed E-state index contributed by atoms with van der Waals surface area (Å²) in [5, 5.41) is 16.7. The van der Waals surface area contributed by atoms with E-state index < -0.39 is 10.8 Å². The van der Waals surface area contributed by atoms with Crippen LogP contribution in [-0.4, -0.2) is 17.0 Å². The maximum atomic E-state index is 12.4. The van der Waals surface area contributed by atoms with Gasteiger partial charge in [0.2, 0.25) is 0 Å². The summed E-state index contributed by atoms with van der Waals surface area (Å²) in [5.74, 6) is -0.112. The molecule has 1 heterocycles. The molecule has 11 heteroatoms. The number of nitro groups is 1. The number of thiophene rings is 1. The Morgan fingerprint density at radius 2 is 1.76 bits per heavy atom. The maximum Gasteiger partial charge on any atom is 0.281 e. The summed E-state index contributed by atoms with van der Waals surface area (Å²) in [5.41, 5.74) is 3.85. The molecule has 0 saturated heterocycles. The number of hydrogen-bond donors (Lipinski definition) is 1. The third kappa shape index (κ3) is 5.66. The predicted molar refractivity (Wildman–Crippen MR) is 136 cm³/mol. The molecule has 1 aromatic heterocycles. The Kier molecular flexibility index (Phi) is 7.33. The van der Waals surface area contributed by atoms with Crippen molar-refractivity contribution in [1.29, 1.82) is 0 Å². The van der Waals surface area contributed by atoms with Crippen LogP contribution in [0, 0.1) is 10.1 Å². The number of carbonyl (C=O) groups is 1. The van der Waals surface area contributed by atoms with Gasteiger partial charge in [-0.2, -0.15) is 5.10 Å². The monoisotopic (exact) mass is 533 g/mol. The number of carbonyl (C=O) groups excluding carboxylic acids is 1. The summed E-state index contributed by atoms with van der Waals surface area (Å²) in [6.07, 6.45) is 1.40. The Labute approximate surface area is 212 Å². The second kappa shape index (κ2) is 10.4. The minimum absolute atomic E-state index is 0.0374. The topological polar surface area (TPSA) is 93.8 Å². The molecule has 7 nitrogen and oxygen atoms in total. The summed E-state index contributed by atoms with van der Waals surface area (Å²) < 4.78 is 6.50. The first-order chi connectivity index (χ1) is 16.3. The van der Waals surface area contributed by atoms with E-state index >= 15 is 0 Å². The molecule has 0 aliphatic rings. The zero-order chi connectivity index (χ0) is 24.2. The minimum Gasteiger partial charge on any atom is -0.486 e. The molecule has 0 fully saturated rings. The number of benzene rings is 3. The van der Waals surface area contributed by atoms with Gasteiger partial charge in [0.25, 0.3) is 11.6 Å². The summed E-state index contributed by atoms with van der Waals surface area (Å²) in [4.78, 5) is 23.2. The highest BCUT2D eigenvalue weighted by atomic mass is 35.5. The van der Waals surface area contributed by atoms with Crippen molar-refractivity contribution >= 4 is 74.0 Å². The number of rotatable bonds is 7. The summed E-state index contributed by atoms with van der Waals surface area (Å²) in [7, 11) is 0. The van der Waals surface area contributed by atoms with Gasteiger partial charge in [0.05, 0.1) is 26.1 Å². The molecule has 1 amide bonds. The van der Waals surface area contributed by atoms with Crippen molar-refractivity contribution in [2.75, 3.05) is 0 Å². The second-order valence-corrected chi connectivity index (χ2v) is 9.35. The van der Waals surface area contributed by atoms with Gasteiger partial charge < -0.3 is 4.74 Å². The molecule has 0 aliphatic heterocycles. The molecule has 0 aliphatic carbocycles. The van der Waals surface area contributed by atoms with E-state index in [0.717, 1.165) is 10.3 Å². The standard InChI is InChI=1S/C23H14Cl3N3O4S/c24-16-3-1-13(2-4-16)12-33-22-18(25)7-14(8-19(22)26)11-27-28-23(30)21-10-15-9-17(29(31)32)5-6-20(15)34-21/h1-11H,12H2,(H,28,30)/b27-11-. The zero-order valence-corrected chi connectivity index (χ0v) is 20.2. The van der Waals surface area contributed by atoms with Crippen LogP contribution in [0.4, 0.5) is 5.69 Å². The number of nitrogens with zero attached hydrogens (tertiary/aromatic N) is 2. The van der Waals surface area contributed by atoms with Gasteiger partial charge in [-0.1, -0.05) is 46.9 Å².